The highest BCUT2D eigenvalue weighted by Gasteiger charge is 2.45. The molecule has 10 heteroatoms. The summed E-state index contributed by atoms with van der Waals surface area (Å²) in [4.78, 5) is 23.6. The topological polar surface area (TPSA) is 96.5 Å². The standard InChI is InChI=1S/C26H20F2N6O2/c27-26(28)14-34(15-26)23-19(11-6-12-29-23)24-32-33-25(36-24)31-22-20(35)13-17-9-4-5-10-18(17)21(30-22)16-7-2-1-3-8-16/h1-12,22H,13-15H2,(H,31,33). The summed E-state index contributed by atoms with van der Waals surface area (Å²) in [5.74, 6) is -2.46. The Labute approximate surface area is 204 Å². The minimum Gasteiger partial charge on any atom is -0.403 e. The lowest BCUT2D eigenvalue weighted by atomic mass is 9.96. The minimum absolute atomic E-state index is 0.00536. The number of carbonyl (C=O) groups excluding carboxylic acids is 1. The van der Waals surface area contributed by atoms with Crippen LogP contribution < -0.4 is 10.2 Å². The number of hydrogen-bond donors (Lipinski definition) is 1. The maximum absolute atomic E-state index is 13.4. The largest absolute Gasteiger partial charge is 0.403 e. The normalized spacial score (nSPS) is 18.6. The SMILES string of the molecule is O=C1Cc2ccccc2C(c2ccccc2)=NC1Nc1nnc(-c2cccnc2N2CC(F)(F)C2)o1. The molecule has 0 spiro atoms. The predicted octanol–water partition coefficient (Wildman–Crippen LogP) is 3.99. The Morgan fingerprint density at radius 1 is 0.944 bits per heavy atom. The van der Waals surface area contributed by atoms with Gasteiger partial charge < -0.3 is 14.6 Å². The van der Waals surface area contributed by atoms with Crippen LogP contribution in [0.3, 0.4) is 0 Å². The van der Waals surface area contributed by atoms with Gasteiger partial charge in [-0.3, -0.25) is 9.79 Å². The van der Waals surface area contributed by atoms with E-state index in [9.17, 15) is 13.6 Å². The Hall–Kier alpha value is -4.47. The first-order valence-electron chi connectivity index (χ1n) is 11.4. The van der Waals surface area contributed by atoms with Crippen LogP contribution in [-0.2, 0) is 11.2 Å². The second-order valence-electron chi connectivity index (χ2n) is 8.69. The first-order valence-corrected chi connectivity index (χ1v) is 11.4. The lowest BCUT2D eigenvalue weighted by Crippen LogP contribution is -2.56. The summed E-state index contributed by atoms with van der Waals surface area (Å²) in [6, 6.07) is 20.6. The van der Waals surface area contributed by atoms with Crippen LogP contribution in [-0.4, -0.2) is 51.9 Å². The summed E-state index contributed by atoms with van der Waals surface area (Å²) in [6.45, 7) is -0.852. The van der Waals surface area contributed by atoms with Gasteiger partial charge in [0, 0.05) is 23.7 Å². The van der Waals surface area contributed by atoms with Gasteiger partial charge in [0.15, 0.2) is 11.9 Å². The molecule has 0 amide bonds. The number of aromatic nitrogens is 3. The van der Waals surface area contributed by atoms with Crippen molar-refractivity contribution in [3.63, 3.8) is 0 Å². The highest BCUT2D eigenvalue weighted by Crippen LogP contribution is 2.36. The number of alkyl halides is 2. The molecule has 0 bridgehead atoms. The maximum Gasteiger partial charge on any atom is 0.317 e. The van der Waals surface area contributed by atoms with E-state index in [4.69, 9.17) is 9.41 Å². The fourth-order valence-electron chi connectivity index (χ4n) is 4.38. The zero-order valence-corrected chi connectivity index (χ0v) is 18.9. The van der Waals surface area contributed by atoms with Crippen LogP contribution in [0.1, 0.15) is 16.7 Å². The van der Waals surface area contributed by atoms with Crippen LogP contribution >= 0.6 is 0 Å². The third-order valence-corrected chi connectivity index (χ3v) is 6.09. The van der Waals surface area contributed by atoms with E-state index < -0.39 is 25.2 Å². The number of halogens is 2. The van der Waals surface area contributed by atoms with E-state index in [1.807, 2.05) is 54.6 Å². The highest BCUT2D eigenvalue weighted by atomic mass is 19.3. The summed E-state index contributed by atoms with van der Waals surface area (Å²) in [5.41, 5.74) is 3.76. The molecule has 6 rings (SSSR count). The van der Waals surface area contributed by atoms with Crippen molar-refractivity contribution in [2.45, 2.75) is 18.5 Å². The van der Waals surface area contributed by atoms with Gasteiger partial charge in [0.1, 0.15) is 5.82 Å². The number of nitrogens with one attached hydrogen (secondary N) is 1. The van der Waals surface area contributed by atoms with E-state index >= 15 is 0 Å². The molecular weight excluding hydrogens is 466 g/mol. The zero-order valence-electron chi connectivity index (χ0n) is 18.9. The summed E-state index contributed by atoms with van der Waals surface area (Å²) >= 11 is 0. The number of Topliss-reactive ketones (excluding diaryl/α,β-unsaturated/α-hetero) is 1. The lowest BCUT2D eigenvalue weighted by molar-refractivity contribution is -0.119. The van der Waals surface area contributed by atoms with Crippen LogP contribution in [0, 0.1) is 0 Å². The van der Waals surface area contributed by atoms with Crippen LogP contribution in [0.4, 0.5) is 20.6 Å². The third-order valence-electron chi connectivity index (χ3n) is 6.09. The van der Waals surface area contributed by atoms with Crippen molar-refractivity contribution in [2.75, 3.05) is 23.3 Å². The van der Waals surface area contributed by atoms with E-state index in [-0.39, 0.29) is 24.1 Å². The van der Waals surface area contributed by atoms with Gasteiger partial charge in [-0.2, -0.15) is 0 Å². The van der Waals surface area contributed by atoms with Crippen molar-refractivity contribution in [3.8, 4) is 11.5 Å². The molecule has 2 aromatic carbocycles. The number of anilines is 2. The number of benzene rings is 2. The molecule has 0 aliphatic carbocycles. The third kappa shape index (κ3) is 4.10. The van der Waals surface area contributed by atoms with Gasteiger partial charge >= 0.3 is 6.01 Å². The molecule has 1 saturated heterocycles. The Morgan fingerprint density at radius 2 is 1.69 bits per heavy atom. The Kier molecular flexibility index (Phi) is 5.28. The number of rotatable bonds is 5. The molecule has 4 heterocycles. The van der Waals surface area contributed by atoms with Crippen molar-refractivity contribution >= 4 is 23.3 Å². The molecule has 36 heavy (non-hydrogen) atoms. The molecule has 1 unspecified atom stereocenters. The maximum atomic E-state index is 13.4. The molecule has 8 nitrogen and oxygen atoms in total. The van der Waals surface area contributed by atoms with E-state index in [1.54, 1.807) is 12.1 Å². The van der Waals surface area contributed by atoms with Crippen LogP contribution in [0.5, 0.6) is 0 Å². The number of ketones is 1. The fourth-order valence-corrected chi connectivity index (χ4v) is 4.38. The second-order valence-corrected chi connectivity index (χ2v) is 8.69. The van der Waals surface area contributed by atoms with E-state index in [1.165, 1.54) is 11.1 Å². The van der Waals surface area contributed by atoms with Gasteiger partial charge in [-0.25, -0.2) is 13.8 Å². The van der Waals surface area contributed by atoms with E-state index in [0.717, 1.165) is 16.7 Å². The van der Waals surface area contributed by atoms with Crippen LogP contribution in [0.2, 0.25) is 0 Å². The van der Waals surface area contributed by atoms with Crippen molar-refractivity contribution in [2.24, 2.45) is 4.99 Å². The Bertz CT molecular complexity index is 1460. The molecule has 180 valence electrons. The molecule has 0 saturated carbocycles. The van der Waals surface area contributed by atoms with Crippen LogP contribution in [0.25, 0.3) is 11.5 Å². The summed E-state index contributed by atoms with van der Waals surface area (Å²) in [6.07, 6.45) is 0.750. The highest BCUT2D eigenvalue weighted by molar-refractivity contribution is 6.16. The Balaban J connectivity index is 1.31. The van der Waals surface area contributed by atoms with Crippen molar-refractivity contribution in [3.05, 3.63) is 89.6 Å². The first kappa shape index (κ1) is 22.0. The molecular formula is C26H20F2N6O2. The van der Waals surface area contributed by atoms with Crippen LogP contribution in [0.15, 0.2) is 82.3 Å². The summed E-state index contributed by atoms with van der Waals surface area (Å²) < 4.78 is 32.6. The number of fused-ring (bicyclic) bond motifs is 1. The smallest absolute Gasteiger partial charge is 0.317 e. The predicted molar refractivity (Wildman–Crippen MR) is 129 cm³/mol. The van der Waals surface area contributed by atoms with Gasteiger partial charge in [-0.05, 0) is 17.7 Å². The van der Waals surface area contributed by atoms with E-state index in [0.29, 0.717) is 17.1 Å². The monoisotopic (exact) mass is 486 g/mol. The summed E-state index contributed by atoms with van der Waals surface area (Å²) in [7, 11) is 0. The molecule has 1 atom stereocenters. The first-order chi connectivity index (χ1) is 17.5. The molecule has 0 radical (unpaired) electrons. The molecule has 1 fully saturated rings. The number of aliphatic imine (C=N–C) groups is 1. The molecule has 2 aliphatic rings. The average molecular weight is 486 g/mol. The minimum atomic E-state index is -2.75. The fraction of sp³-hybridized carbons (Fsp3) is 0.192. The molecule has 4 aromatic rings. The van der Waals surface area contributed by atoms with Crippen molar-refractivity contribution in [1.29, 1.82) is 0 Å². The van der Waals surface area contributed by atoms with Gasteiger partial charge in [0.2, 0.25) is 0 Å². The average Bonchev–Trinajstić information content (AvgIpc) is 3.29. The van der Waals surface area contributed by atoms with Gasteiger partial charge in [0.25, 0.3) is 11.8 Å². The second kappa shape index (κ2) is 8.63. The zero-order chi connectivity index (χ0) is 24.7. The van der Waals surface area contributed by atoms with Gasteiger partial charge in [-0.1, -0.05) is 59.7 Å². The number of nitrogens with zero attached hydrogens (tertiary/aromatic N) is 5. The van der Waals surface area contributed by atoms with Gasteiger partial charge in [-0.15, -0.1) is 5.10 Å². The quantitative estimate of drug-likeness (QED) is 0.456. The van der Waals surface area contributed by atoms with Crippen molar-refractivity contribution < 1.29 is 18.0 Å². The molecule has 2 aromatic heterocycles. The molecule has 2 aliphatic heterocycles. The molecule has 1 N–H and O–H groups in total. The van der Waals surface area contributed by atoms with Crippen molar-refractivity contribution in [1.82, 2.24) is 15.2 Å². The number of carbonyl (C=O) groups is 1. The number of pyridine rings is 1. The lowest BCUT2D eigenvalue weighted by Gasteiger charge is -2.40. The van der Waals surface area contributed by atoms with Gasteiger partial charge in [0.05, 0.1) is 24.4 Å². The Morgan fingerprint density at radius 3 is 2.50 bits per heavy atom. The summed E-state index contributed by atoms with van der Waals surface area (Å²) in [5, 5.41) is 11.0. The number of hydrogen-bond acceptors (Lipinski definition) is 8. The van der Waals surface area contributed by atoms with E-state index in [2.05, 4.69) is 20.5 Å².